The quantitative estimate of drug-likeness (QED) is 0.384. The van der Waals surface area contributed by atoms with Crippen molar-refractivity contribution in [3.63, 3.8) is 0 Å². The van der Waals surface area contributed by atoms with Gasteiger partial charge in [-0.2, -0.15) is 0 Å². The Kier molecular flexibility index (Phi) is 4.07. The van der Waals surface area contributed by atoms with Gasteiger partial charge in [0.15, 0.2) is 0 Å². The van der Waals surface area contributed by atoms with E-state index in [0.717, 1.165) is 19.3 Å². The first kappa shape index (κ1) is 7.30. The summed E-state index contributed by atoms with van der Waals surface area (Å²) in [5.74, 6) is 2.57. The number of rotatable bonds is 3. The highest BCUT2D eigenvalue weighted by atomic mass is 13.9. The van der Waals surface area contributed by atoms with Gasteiger partial charge in [0.05, 0.1) is 0 Å². The van der Waals surface area contributed by atoms with Crippen molar-refractivity contribution in [1.82, 2.24) is 0 Å². The van der Waals surface area contributed by atoms with Crippen LogP contribution in [0.25, 0.3) is 0 Å². The van der Waals surface area contributed by atoms with E-state index >= 15 is 0 Å². The molecule has 0 heteroatoms. The van der Waals surface area contributed by atoms with Crippen LogP contribution in [0, 0.1) is 12.3 Å². The summed E-state index contributed by atoms with van der Waals surface area (Å²) >= 11 is 0. The molecular weight excluding hydrogens is 96.1 g/mol. The van der Waals surface area contributed by atoms with Gasteiger partial charge in [-0.05, 0) is 12.8 Å². The second kappa shape index (κ2) is 4.46. The highest BCUT2D eigenvalue weighted by Gasteiger charge is 1.85. The van der Waals surface area contributed by atoms with Crippen molar-refractivity contribution in [2.45, 2.75) is 26.2 Å². The first-order chi connectivity index (χ1) is 3.81. The van der Waals surface area contributed by atoms with Gasteiger partial charge in [-0.15, -0.1) is 12.3 Å². The van der Waals surface area contributed by atoms with Crippen LogP contribution in [-0.4, -0.2) is 0 Å². The fourth-order valence-corrected chi connectivity index (χ4v) is 0.426. The minimum absolute atomic E-state index is 0.840. The zero-order valence-electron chi connectivity index (χ0n) is 5.41. The van der Waals surface area contributed by atoms with Gasteiger partial charge in [0.1, 0.15) is 0 Å². The van der Waals surface area contributed by atoms with Crippen LogP contribution in [-0.2, 0) is 0 Å². The monoisotopic (exact) mass is 108 g/mol. The third kappa shape index (κ3) is 3.49. The summed E-state index contributed by atoms with van der Waals surface area (Å²) in [5.41, 5.74) is 1.25. The van der Waals surface area contributed by atoms with Crippen LogP contribution in [0.15, 0.2) is 12.2 Å². The first-order valence-corrected chi connectivity index (χ1v) is 2.91. The first-order valence-electron chi connectivity index (χ1n) is 2.91. The molecule has 0 aromatic carbocycles. The Morgan fingerprint density at radius 3 is 2.75 bits per heavy atom. The predicted octanol–water partition coefficient (Wildman–Crippen LogP) is 2.37. The lowest BCUT2D eigenvalue weighted by Gasteiger charge is -1.93. The zero-order chi connectivity index (χ0) is 6.41. The Balaban J connectivity index is 3.15. The molecular formula is C8H12. The topological polar surface area (TPSA) is 0 Å². The van der Waals surface area contributed by atoms with E-state index in [9.17, 15) is 0 Å². The molecule has 0 N–H and O–H groups in total. The molecule has 0 amide bonds. The number of hydrogen-bond donors (Lipinski definition) is 0. The van der Waals surface area contributed by atoms with Crippen LogP contribution in [0.3, 0.4) is 0 Å². The molecule has 0 bridgehead atoms. The van der Waals surface area contributed by atoms with E-state index in [-0.39, 0.29) is 0 Å². The van der Waals surface area contributed by atoms with Crippen LogP contribution in [0.5, 0.6) is 0 Å². The second-order valence-corrected chi connectivity index (χ2v) is 1.81. The molecule has 0 heterocycles. The summed E-state index contributed by atoms with van der Waals surface area (Å²) in [6.45, 7) is 5.91. The maximum absolute atomic E-state index is 5.04. The third-order valence-electron chi connectivity index (χ3n) is 1.12. The molecule has 0 spiro atoms. The molecule has 0 aliphatic heterocycles. The van der Waals surface area contributed by atoms with E-state index in [1.807, 2.05) is 0 Å². The molecule has 0 saturated heterocycles. The standard InChI is InChI=1S/C8H12/c1-4-6-7-8(3)5-2/h1H,3,5-7H2,2H3. The molecule has 8 heavy (non-hydrogen) atoms. The second-order valence-electron chi connectivity index (χ2n) is 1.81. The lowest BCUT2D eigenvalue weighted by molar-refractivity contribution is 0.930. The van der Waals surface area contributed by atoms with Crippen LogP contribution >= 0.6 is 0 Å². The molecule has 0 aromatic rings. The Morgan fingerprint density at radius 1 is 1.75 bits per heavy atom. The average Bonchev–Trinajstić information content (AvgIpc) is 1.83. The number of allylic oxidation sites excluding steroid dienone is 1. The molecule has 0 saturated carbocycles. The van der Waals surface area contributed by atoms with Gasteiger partial charge >= 0.3 is 0 Å². The SMILES string of the molecule is C#CCCC(=C)CC. The summed E-state index contributed by atoms with van der Waals surface area (Å²) in [7, 11) is 0. The molecule has 0 aliphatic rings. The van der Waals surface area contributed by atoms with Gasteiger partial charge in [0, 0.05) is 6.42 Å². The van der Waals surface area contributed by atoms with E-state index in [1.54, 1.807) is 0 Å². The van der Waals surface area contributed by atoms with Gasteiger partial charge in [-0.3, -0.25) is 0 Å². The van der Waals surface area contributed by atoms with Crippen LogP contribution in [0.4, 0.5) is 0 Å². The fourth-order valence-electron chi connectivity index (χ4n) is 0.426. The third-order valence-corrected chi connectivity index (χ3v) is 1.12. The molecule has 44 valence electrons. The minimum atomic E-state index is 0.840. The van der Waals surface area contributed by atoms with E-state index in [1.165, 1.54) is 5.57 Å². The summed E-state index contributed by atoms with van der Waals surface area (Å²) in [6, 6.07) is 0. The number of terminal acetylenes is 1. The fraction of sp³-hybridized carbons (Fsp3) is 0.500. The van der Waals surface area contributed by atoms with Crippen molar-refractivity contribution in [3.05, 3.63) is 12.2 Å². The smallest absolute Gasteiger partial charge is 0.0123 e. The number of hydrogen-bond acceptors (Lipinski definition) is 0. The van der Waals surface area contributed by atoms with Gasteiger partial charge in [-0.1, -0.05) is 19.1 Å². The maximum atomic E-state index is 5.04. The van der Waals surface area contributed by atoms with Crippen molar-refractivity contribution in [2.75, 3.05) is 0 Å². The van der Waals surface area contributed by atoms with Crippen molar-refractivity contribution < 1.29 is 0 Å². The molecule has 0 unspecified atom stereocenters. The van der Waals surface area contributed by atoms with Crippen molar-refractivity contribution in [1.29, 1.82) is 0 Å². The van der Waals surface area contributed by atoms with Crippen LogP contribution < -0.4 is 0 Å². The largest absolute Gasteiger partial charge is 0.120 e. The van der Waals surface area contributed by atoms with Crippen molar-refractivity contribution >= 4 is 0 Å². The van der Waals surface area contributed by atoms with Crippen LogP contribution in [0.1, 0.15) is 26.2 Å². The summed E-state index contributed by atoms with van der Waals surface area (Å²) in [4.78, 5) is 0. The lowest BCUT2D eigenvalue weighted by atomic mass is 10.1. The van der Waals surface area contributed by atoms with Crippen LogP contribution in [0.2, 0.25) is 0 Å². The average molecular weight is 108 g/mol. The molecule has 0 rings (SSSR count). The normalized spacial score (nSPS) is 8.00. The van der Waals surface area contributed by atoms with E-state index in [0.29, 0.717) is 0 Å². The predicted molar refractivity (Wildman–Crippen MR) is 37.5 cm³/mol. The van der Waals surface area contributed by atoms with Gasteiger partial charge in [0.25, 0.3) is 0 Å². The summed E-state index contributed by atoms with van der Waals surface area (Å²) < 4.78 is 0. The Hall–Kier alpha value is -0.700. The van der Waals surface area contributed by atoms with E-state index in [2.05, 4.69) is 19.4 Å². The Bertz CT molecular complexity index is 104. The van der Waals surface area contributed by atoms with Gasteiger partial charge in [-0.25, -0.2) is 0 Å². The molecule has 0 nitrogen and oxygen atoms in total. The van der Waals surface area contributed by atoms with E-state index < -0.39 is 0 Å². The lowest BCUT2D eigenvalue weighted by Crippen LogP contribution is -1.75. The Morgan fingerprint density at radius 2 is 2.38 bits per heavy atom. The highest BCUT2D eigenvalue weighted by molar-refractivity contribution is 4.97. The summed E-state index contributed by atoms with van der Waals surface area (Å²) in [5, 5.41) is 0. The molecule has 0 aromatic heterocycles. The minimum Gasteiger partial charge on any atom is -0.120 e. The summed E-state index contributed by atoms with van der Waals surface area (Å²) in [6.07, 6.45) is 7.93. The van der Waals surface area contributed by atoms with Gasteiger partial charge < -0.3 is 0 Å². The van der Waals surface area contributed by atoms with Crippen molar-refractivity contribution in [3.8, 4) is 12.3 Å². The molecule has 0 aliphatic carbocycles. The van der Waals surface area contributed by atoms with Gasteiger partial charge in [0.2, 0.25) is 0 Å². The maximum Gasteiger partial charge on any atom is 0.0123 e. The Labute approximate surface area is 51.6 Å². The molecule has 0 fully saturated rings. The molecule has 0 radical (unpaired) electrons. The zero-order valence-corrected chi connectivity index (χ0v) is 5.41. The van der Waals surface area contributed by atoms with Crippen molar-refractivity contribution in [2.24, 2.45) is 0 Å². The molecule has 0 atom stereocenters. The highest BCUT2D eigenvalue weighted by Crippen LogP contribution is 2.03. The van der Waals surface area contributed by atoms with E-state index in [4.69, 9.17) is 6.42 Å².